The van der Waals surface area contributed by atoms with Crippen molar-refractivity contribution in [3.8, 4) is 0 Å². The molecule has 0 spiro atoms. The Balaban J connectivity index is 3.89. The summed E-state index contributed by atoms with van der Waals surface area (Å²) in [5, 5.41) is 8.81. The molecular weight excluding hydrogens is 279 g/mol. The third kappa shape index (κ3) is 4.52. The second-order valence-corrected chi connectivity index (χ2v) is 3.17. The first kappa shape index (κ1) is 14.1. The van der Waals surface area contributed by atoms with Crippen molar-refractivity contribution in [3.63, 3.8) is 0 Å². The molecule has 0 saturated carbocycles. The minimum atomic E-state index is -5.62. The molecule has 0 aromatic carbocycles. The zero-order valence-electron chi connectivity index (χ0n) is 6.82. The first-order chi connectivity index (χ1) is 6.20. The van der Waals surface area contributed by atoms with Crippen molar-refractivity contribution in [1.29, 1.82) is 0 Å². The summed E-state index contributed by atoms with van der Waals surface area (Å²) in [6, 6.07) is 0. The van der Waals surface area contributed by atoms with Crippen LogP contribution in [0.15, 0.2) is 0 Å². The Kier molecular flexibility index (Phi) is 5.24. The lowest BCUT2D eigenvalue weighted by molar-refractivity contribution is -0.297. The Hall–Kier alpha value is 0.0500. The third-order valence-electron chi connectivity index (χ3n) is 1.19. The average Bonchev–Trinajstić information content (AvgIpc) is 2.01. The van der Waals surface area contributed by atoms with Crippen LogP contribution < -0.4 is 0 Å². The van der Waals surface area contributed by atoms with Crippen LogP contribution in [0.1, 0.15) is 0 Å². The van der Waals surface area contributed by atoms with Gasteiger partial charge in [-0.1, -0.05) is 15.9 Å². The van der Waals surface area contributed by atoms with Crippen LogP contribution in [0, 0.1) is 0 Å². The Morgan fingerprint density at radius 2 is 1.71 bits per heavy atom. The highest BCUT2D eigenvalue weighted by molar-refractivity contribution is 9.09. The molecule has 2 nitrogen and oxygen atoms in total. The number of alkyl halides is 6. The maximum atomic E-state index is 12.1. The summed E-state index contributed by atoms with van der Waals surface area (Å²) in [6.45, 7) is -2.35. The summed E-state index contributed by atoms with van der Waals surface area (Å²) in [6.07, 6.45) is -6.72. The highest BCUT2D eigenvalue weighted by atomic mass is 79.9. The smallest absolute Gasteiger partial charge is 0.390 e. The van der Waals surface area contributed by atoms with Crippen LogP contribution in [-0.2, 0) is 4.74 Å². The molecule has 0 amide bonds. The molecule has 1 atom stereocenters. The topological polar surface area (TPSA) is 29.5 Å². The first-order valence-electron chi connectivity index (χ1n) is 3.47. The van der Waals surface area contributed by atoms with Gasteiger partial charge in [0.05, 0.1) is 12.7 Å². The summed E-state index contributed by atoms with van der Waals surface area (Å²) in [5.74, 6) is -4.88. The molecule has 14 heavy (non-hydrogen) atoms. The molecule has 0 rings (SSSR count). The highest BCUT2D eigenvalue weighted by Gasteiger charge is 2.57. The van der Waals surface area contributed by atoms with E-state index in [9.17, 15) is 22.0 Å². The minimum Gasteiger partial charge on any atom is -0.390 e. The van der Waals surface area contributed by atoms with Crippen molar-refractivity contribution in [2.75, 3.05) is 18.5 Å². The Labute approximate surface area is 85.2 Å². The summed E-state index contributed by atoms with van der Waals surface area (Å²) < 4.78 is 62.9. The maximum Gasteiger partial charge on any atom is 0.455 e. The van der Waals surface area contributed by atoms with Crippen LogP contribution in [0.2, 0.25) is 0 Å². The molecule has 86 valence electrons. The van der Waals surface area contributed by atoms with Crippen LogP contribution in [0.5, 0.6) is 0 Å². The maximum absolute atomic E-state index is 12.1. The summed E-state index contributed by atoms with van der Waals surface area (Å²) >= 11 is 2.80. The second kappa shape index (κ2) is 5.22. The van der Waals surface area contributed by atoms with Gasteiger partial charge in [0.1, 0.15) is 6.61 Å². The van der Waals surface area contributed by atoms with Gasteiger partial charge in [-0.05, 0) is 0 Å². The van der Waals surface area contributed by atoms with Crippen molar-refractivity contribution >= 4 is 15.9 Å². The standard InChI is InChI=1S/C6H8BrF5O2/c7-1-4(13)2-14-3-5(8,9)6(10,11)12/h4,13H,1-3H2. The van der Waals surface area contributed by atoms with E-state index in [0.717, 1.165) is 0 Å². The lowest BCUT2D eigenvalue weighted by Gasteiger charge is -2.19. The fraction of sp³-hybridized carbons (Fsp3) is 1.00. The van der Waals surface area contributed by atoms with Crippen LogP contribution in [0.4, 0.5) is 22.0 Å². The van der Waals surface area contributed by atoms with Crippen LogP contribution in [0.25, 0.3) is 0 Å². The molecule has 0 saturated heterocycles. The van der Waals surface area contributed by atoms with Crippen LogP contribution in [-0.4, -0.2) is 41.9 Å². The largest absolute Gasteiger partial charge is 0.455 e. The third-order valence-corrected chi connectivity index (χ3v) is 1.93. The van der Waals surface area contributed by atoms with Gasteiger partial charge in [0.15, 0.2) is 0 Å². The molecular formula is C6H8BrF5O2. The number of halogens is 6. The summed E-state index contributed by atoms with van der Waals surface area (Å²) in [4.78, 5) is 0. The van der Waals surface area contributed by atoms with Gasteiger partial charge >= 0.3 is 12.1 Å². The van der Waals surface area contributed by atoms with Gasteiger partial charge in [0.25, 0.3) is 0 Å². The Morgan fingerprint density at radius 3 is 2.07 bits per heavy atom. The SMILES string of the molecule is OC(CBr)COCC(F)(F)C(F)(F)F. The molecule has 0 aliphatic rings. The number of aliphatic hydroxyl groups is 1. The summed E-state index contributed by atoms with van der Waals surface area (Å²) in [7, 11) is 0. The van der Waals surface area contributed by atoms with Crippen molar-refractivity contribution < 1.29 is 31.8 Å². The van der Waals surface area contributed by atoms with Crippen LogP contribution in [0.3, 0.4) is 0 Å². The number of ether oxygens (including phenoxy) is 1. The highest BCUT2D eigenvalue weighted by Crippen LogP contribution is 2.35. The quantitative estimate of drug-likeness (QED) is 0.618. The van der Waals surface area contributed by atoms with E-state index in [-0.39, 0.29) is 5.33 Å². The van der Waals surface area contributed by atoms with E-state index in [1.165, 1.54) is 0 Å². The Bertz CT molecular complexity index is 172. The van der Waals surface area contributed by atoms with Gasteiger partial charge in [0.2, 0.25) is 0 Å². The van der Waals surface area contributed by atoms with E-state index < -0.39 is 31.4 Å². The molecule has 0 radical (unpaired) electrons. The molecule has 0 heterocycles. The van der Waals surface area contributed by atoms with Gasteiger partial charge in [0, 0.05) is 5.33 Å². The predicted octanol–water partition coefficient (Wildman–Crippen LogP) is 1.96. The van der Waals surface area contributed by atoms with E-state index in [0.29, 0.717) is 0 Å². The van der Waals surface area contributed by atoms with Gasteiger partial charge < -0.3 is 9.84 Å². The van der Waals surface area contributed by atoms with Crippen molar-refractivity contribution in [2.45, 2.75) is 18.2 Å². The van der Waals surface area contributed by atoms with Gasteiger partial charge in [-0.2, -0.15) is 22.0 Å². The molecule has 0 fully saturated rings. The molecule has 1 unspecified atom stereocenters. The fourth-order valence-corrected chi connectivity index (χ4v) is 0.636. The van der Waals surface area contributed by atoms with Gasteiger partial charge in [-0.25, -0.2) is 0 Å². The van der Waals surface area contributed by atoms with E-state index >= 15 is 0 Å². The van der Waals surface area contributed by atoms with Gasteiger partial charge in [-0.15, -0.1) is 0 Å². The average molecular weight is 287 g/mol. The Morgan fingerprint density at radius 1 is 1.21 bits per heavy atom. The number of rotatable bonds is 5. The normalized spacial score (nSPS) is 15.6. The lowest BCUT2D eigenvalue weighted by atomic mass is 10.3. The molecule has 0 aromatic heterocycles. The molecule has 0 aliphatic carbocycles. The van der Waals surface area contributed by atoms with E-state index in [2.05, 4.69) is 20.7 Å². The molecule has 0 bridgehead atoms. The predicted molar refractivity (Wildman–Crippen MR) is 41.6 cm³/mol. The van der Waals surface area contributed by atoms with Crippen molar-refractivity contribution in [2.24, 2.45) is 0 Å². The number of hydrogen-bond acceptors (Lipinski definition) is 2. The molecule has 0 aliphatic heterocycles. The molecule has 1 N–H and O–H groups in total. The number of aliphatic hydroxyl groups excluding tert-OH is 1. The second-order valence-electron chi connectivity index (χ2n) is 2.53. The number of hydrogen-bond donors (Lipinski definition) is 1. The monoisotopic (exact) mass is 286 g/mol. The fourth-order valence-electron chi connectivity index (χ4n) is 0.450. The minimum absolute atomic E-state index is 0.0462. The lowest BCUT2D eigenvalue weighted by Crippen LogP contribution is -2.41. The van der Waals surface area contributed by atoms with Crippen LogP contribution >= 0.6 is 15.9 Å². The molecule has 0 aromatic rings. The first-order valence-corrected chi connectivity index (χ1v) is 4.59. The van der Waals surface area contributed by atoms with E-state index in [1.54, 1.807) is 0 Å². The summed E-state index contributed by atoms with van der Waals surface area (Å²) in [5.41, 5.74) is 0. The van der Waals surface area contributed by atoms with E-state index in [4.69, 9.17) is 5.11 Å². The van der Waals surface area contributed by atoms with Crippen molar-refractivity contribution in [3.05, 3.63) is 0 Å². The molecule has 8 heteroatoms. The zero-order chi connectivity index (χ0) is 11.4. The van der Waals surface area contributed by atoms with Crippen molar-refractivity contribution in [1.82, 2.24) is 0 Å². The van der Waals surface area contributed by atoms with Gasteiger partial charge in [-0.3, -0.25) is 0 Å². The zero-order valence-corrected chi connectivity index (χ0v) is 8.41. The van der Waals surface area contributed by atoms with E-state index in [1.807, 2.05) is 0 Å².